The molecule has 0 spiro atoms. The second kappa shape index (κ2) is 6.80. The Labute approximate surface area is 129 Å². The molecule has 0 saturated carbocycles. The molecule has 0 amide bonds. The van der Waals surface area contributed by atoms with Crippen LogP contribution in [0.2, 0.25) is 0 Å². The van der Waals surface area contributed by atoms with Crippen LogP contribution in [0.15, 0.2) is 42.5 Å². The third-order valence-electron chi connectivity index (χ3n) is 3.33. The Morgan fingerprint density at radius 3 is 2.32 bits per heavy atom. The number of aryl methyl sites for hydroxylation is 1. The van der Waals surface area contributed by atoms with Gasteiger partial charge in [-0.2, -0.15) is 0 Å². The van der Waals surface area contributed by atoms with Crippen molar-refractivity contribution in [2.75, 3.05) is 14.2 Å². The van der Waals surface area contributed by atoms with E-state index in [1.165, 1.54) is 18.2 Å². The predicted molar refractivity (Wildman–Crippen MR) is 85.8 cm³/mol. The summed E-state index contributed by atoms with van der Waals surface area (Å²) in [5.41, 5.74) is 2.18. The normalized spacial score (nSPS) is 10.7. The van der Waals surface area contributed by atoms with Crippen molar-refractivity contribution in [1.29, 1.82) is 0 Å². The van der Waals surface area contributed by atoms with Crippen LogP contribution in [0.1, 0.15) is 21.5 Å². The van der Waals surface area contributed by atoms with E-state index < -0.39 is 0 Å². The molecule has 2 aromatic carbocycles. The fraction of sp³-hybridized carbons (Fsp3) is 0.167. The lowest BCUT2D eigenvalue weighted by molar-refractivity contribution is 0.104. The number of carbonyl (C=O) groups is 1. The van der Waals surface area contributed by atoms with Gasteiger partial charge in [0.05, 0.1) is 19.8 Å². The first-order chi connectivity index (χ1) is 10.6. The Balaban J connectivity index is 2.35. The maximum absolute atomic E-state index is 12.2. The number of phenols is 1. The Morgan fingerprint density at radius 1 is 1.05 bits per heavy atom. The van der Waals surface area contributed by atoms with Gasteiger partial charge in [-0.1, -0.05) is 6.07 Å². The summed E-state index contributed by atoms with van der Waals surface area (Å²) in [7, 11) is 3.16. The van der Waals surface area contributed by atoms with Gasteiger partial charge in [0.1, 0.15) is 17.2 Å². The molecule has 114 valence electrons. The van der Waals surface area contributed by atoms with Crippen LogP contribution < -0.4 is 9.47 Å². The zero-order chi connectivity index (χ0) is 16.1. The van der Waals surface area contributed by atoms with E-state index in [0.29, 0.717) is 17.1 Å². The smallest absolute Gasteiger partial charge is 0.185 e. The molecule has 4 heteroatoms. The van der Waals surface area contributed by atoms with Gasteiger partial charge in [0, 0.05) is 5.56 Å². The van der Waals surface area contributed by atoms with E-state index in [0.717, 1.165) is 11.1 Å². The number of allylic oxidation sites excluding steroid dienone is 1. The summed E-state index contributed by atoms with van der Waals surface area (Å²) < 4.78 is 10.7. The van der Waals surface area contributed by atoms with E-state index in [4.69, 9.17) is 9.47 Å². The van der Waals surface area contributed by atoms with Gasteiger partial charge in [0.2, 0.25) is 0 Å². The van der Waals surface area contributed by atoms with Crippen LogP contribution in [0.5, 0.6) is 17.2 Å². The van der Waals surface area contributed by atoms with Crippen molar-refractivity contribution < 1.29 is 19.4 Å². The molecule has 2 rings (SSSR count). The molecule has 0 aliphatic carbocycles. The molecular weight excluding hydrogens is 280 g/mol. The number of carbonyl (C=O) groups excluding carboxylic acids is 1. The monoisotopic (exact) mass is 298 g/mol. The van der Waals surface area contributed by atoms with Gasteiger partial charge in [0.15, 0.2) is 5.78 Å². The van der Waals surface area contributed by atoms with E-state index >= 15 is 0 Å². The lowest BCUT2D eigenvalue weighted by Gasteiger charge is -2.12. The van der Waals surface area contributed by atoms with Crippen LogP contribution in [0.4, 0.5) is 0 Å². The summed E-state index contributed by atoms with van der Waals surface area (Å²) >= 11 is 0. The highest BCUT2D eigenvalue weighted by molar-refractivity contribution is 6.07. The van der Waals surface area contributed by atoms with Crippen LogP contribution >= 0.6 is 0 Å². The number of ether oxygens (including phenoxy) is 2. The third-order valence-corrected chi connectivity index (χ3v) is 3.33. The van der Waals surface area contributed by atoms with Crippen LogP contribution in [-0.4, -0.2) is 25.1 Å². The topological polar surface area (TPSA) is 55.8 Å². The molecular formula is C18H18O4. The van der Waals surface area contributed by atoms with Crippen molar-refractivity contribution in [3.05, 3.63) is 59.2 Å². The highest BCUT2D eigenvalue weighted by atomic mass is 16.5. The van der Waals surface area contributed by atoms with Crippen LogP contribution in [0.3, 0.4) is 0 Å². The zero-order valence-electron chi connectivity index (χ0n) is 12.8. The number of methoxy groups -OCH3 is 2. The molecule has 0 aromatic heterocycles. The van der Waals surface area contributed by atoms with Gasteiger partial charge in [-0.05, 0) is 55.0 Å². The van der Waals surface area contributed by atoms with E-state index in [1.54, 1.807) is 32.4 Å². The average molecular weight is 298 g/mol. The number of phenolic OH excluding ortho intramolecular Hbond substituents is 1. The molecule has 22 heavy (non-hydrogen) atoms. The highest BCUT2D eigenvalue weighted by Crippen LogP contribution is 2.33. The summed E-state index contributed by atoms with van der Waals surface area (Å²) in [6.45, 7) is 1.93. The van der Waals surface area contributed by atoms with Crippen molar-refractivity contribution in [3.8, 4) is 17.2 Å². The molecule has 0 unspecified atom stereocenters. The van der Waals surface area contributed by atoms with Gasteiger partial charge in [-0.3, -0.25) is 4.79 Å². The average Bonchev–Trinajstić information content (AvgIpc) is 2.53. The lowest BCUT2D eigenvalue weighted by atomic mass is 10.1. The first kappa shape index (κ1) is 15.6. The standard InChI is InChI=1S/C18H18O4/c1-12-4-11-17(21-2)15(18(12)22-3)9-10-16(20)13-5-7-14(19)8-6-13/h4-11,19H,1-3H3. The summed E-state index contributed by atoms with van der Waals surface area (Å²) in [5.74, 6) is 1.28. The van der Waals surface area contributed by atoms with Crippen LogP contribution in [0, 0.1) is 6.92 Å². The molecule has 4 nitrogen and oxygen atoms in total. The SMILES string of the molecule is COc1ccc(C)c(OC)c1C=CC(=O)c1ccc(O)cc1. The summed E-state index contributed by atoms with van der Waals surface area (Å²) in [6, 6.07) is 9.85. The minimum absolute atomic E-state index is 0.127. The van der Waals surface area contributed by atoms with Gasteiger partial charge < -0.3 is 14.6 Å². The van der Waals surface area contributed by atoms with E-state index in [-0.39, 0.29) is 11.5 Å². The number of ketones is 1. The maximum Gasteiger partial charge on any atom is 0.185 e. The molecule has 1 N–H and O–H groups in total. The number of rotatable bonds is 5. The Kier molecular flexibility index (Phi) is 4.84. The Hall–Kier alpha value is -2.75. The Morgan fingerprint density at radius 2 is 1.73 bits per heavy atom. The Bertz CT molecular complexity index is 700. The van der Waals surface area contributed by atoms with Crippen molar-refractivity contribution in [2.24, 2.45) is 0 Å². The quantitative estimate of drug-likeness (QED) is 0.676. The lowest BCUT2D eigenvalue weighted by Crippen LogP contribution is -1.97. The molecule has 0 atom stereocenters. The second-order valence-electron chi connectivity index (χ2n) is 4.78. The summed E-state index contributed by atoms with van der Waals surface area (Å²) in [5, 5.41) is 9.25. The molecule has 0 bridgehead atoms. The molecule has 2 aromatic rings. The maximum atomic E-state index is 12.2. The molecule has 0 aliphatic rings. The first-order valence-corrected chi connectivity index (χ1v) is 6.80. The van der Waals surface area contributed by atoms with Crippen molar-refractivity contribution in [2.45, 2.75) is 6.92 Å². The fourth-order valence-corrected chi connectivity index (χ4v) is 2.18. The van der Waals surface area contributed by atoms with Crippen LogP contribution in [0.25, 0.3) is 6.08 Å². The minimum atomic E-state index is -0.161. The summed E-state index contributed by atoms with van der Waals surface area (Å²) in [4.78, 5) is 12.2. The molecule has 0 fully saturated rings. The predicted octanol–water partition coefficient (Wildman–Crippen LogP) is 3.61. The molecule has 0 heterocycles. The van der Waals surface area contributed by atoms with E-state index in [1.807, 2.05) is 19.1 Å². The van der Waals surface area contributed by atoms with E-state index in [2.05, 4.69) is 0 Å². The first-order valence-electron chi connectivity index (χ1n) is 6.80. The third kappa shape index (κ3) is 3.28. The highest BCUT2D eigenvalue weighted by Gasteiger charge is 2.11. The van der Waals surface area contributed by atoms with Gasteiger partial charge in [0.25, 0.3) is 0 Å². The zero-order valence-corrected chi connectivity index (χ0v) is 12.8. The summed E-state index contributed by atoms with van der Waals surface area (Å²) in [6.07, 6.45) is 3.14. The van der Waals surface area contributed by atoms with Gasteiger partial charge in [-0.15, -0.1) is 0 Å². The number of aromatic hydroxyl groups is 1. The second-order valence-corrected chi connectivity index (χ2v) is 4.78. The largest absolute Gasteiger partial charge is 0.508 e. The van der Waals surface area contributed by atoms with Crippen molar-refractivity contribution >= 4 is 11.9 Å². The number of hydrogen-bond donors (Lipinski definition) is 1. The molecule has 0 saturated heterocycles. The number of benzene rings is 2. The van der Waals surface area contributed by atoms with Crippen molar-refractivity contribution in [3.63, 3.8) is 0 Å². The molecule has 0 radical (unpaired) electrons. The van der Waals surface area contributed by atoms with Crippen LogP contribution in [-0.2, 0) is 0 Å². The van der Waals surface area contributed by atoms with E-state index in [9.17, 15) is 9.90 Å². The molecule has 0 aliphatic heterocycles. The van der Waals surface area contributed by atoms with Gasteiger partial charge in [-0.25, -0.2) is 0 Å². The fourth-order valence-electron chi connectivity index (χ4n) is 2.18. The van der Waals surface area contributed by atoms with Crippen molar-refractivity contribution in [1.82, 2.24) is 0 Å². The van der Waals surface area contributed by atoms with Gasteiger partial charge >= 0.3 is 0 Å². The number of hydrogen-bond acceptors (Lipinski definition) is 4. The minimum Gasteiger partial charge on any atom is -0.508 e.